The Labute approximate surface area is 132 Å². The number of carbonyl (C=O) groups excluding carboxylic acids is 1. The molecule has 2 aromatic heterocycles. The number of nitrogens with one attached hydrogen (secondary N) is 1. The largest absolute Gasteiger partial charge is 0.350 e. The summed E-state index contributed by atoms with van der Waals surface area (Å²) < 4.78 is 15.6. The second kappa shape index (κ2) is 5.22. The predicted octanol–water partition coefficient (Wildman–Crippen LogP) is 3.02. The SMILES string of the molecule is Cn1cc(C2CCCN2C(=O)c2cc3c(F)cccc3[nH]2)cn1. The van der Waals surface area contributed by atoms with Gasteiger partial charge in [0, 0.05) is 36.3 Å². The smallest absolute Gasteiger partial charge is 0.270 e. The molecular weight excluding hydrogens is 295 g/mol. The highest BCUT2D eigenvalue weighted by atomic mass is 19.1. The normalized spacial score (nSPS) is 18.0. The fourth-order valence-corrected chi connectivity index (χ4v) is 3.36. The van der Waals surface area contributed by atoms with Crippen LogP contribution in [0.4, 0.5) is 4.39 Å². The van der Waals surface area contributed by atoms with Crippen LogP contribution in [0.2, 0.25) is 0 Å². The number of hydrogen-bond acceptors (Lipinski definition) is 2. The average Bonchev–Trinajstić information content (AvgIpc) is 3.24. The van der Waals surface area contributed by atoms with Gasteiger partial charge in [-0.2, -0.15) is 5.10 Å². The standard InChI is InChI=1S/C17H17FN4O/c1-21-10-11(9-19-21)16-6-3-7-22(16)17(23)15-8-12-13(18)4-2-5-14(12)20-15/h2,4-5,8-10,16,20H,3,6-7H2,1H3. The van der Waals surface area contributed by atoms with Crippen molar-refractivity contribution in [2.75, 3.05) is 6.54 Å². The molecule has 4 rings (SSSR count). The van der Waals surface area contributed by atoms with E-state index in [1.54, 1.807) is 29.1 Å². The van der Waals surface area contributed by atoms with Gasteiger partial charge in [-0.05, 0) is 31.0 Å². The highest BCUT2D eigenvalue weighted by Crippen LogP contribution is 2.33. The van der Waals surface area contributed by atoms with E-state index in [1.165, 1.54) is 6.07 Å². The molecule has 6 heteroatoms. The summed E-state index contributed by atoms with van der Waals surface area (Å²) in [7, 11) is 1.87. The molecule has 1 saturated heterocycles. The zero-order chi connectivity index (χ0) is 16.0. The fraction of sp³-hybridized carbons (Fsp3) is 0.294. The Balaban J connectivity index is 1.68. The number of hydrogen-bond donors (Lipinski definition) is 1. The number of aryl methyl sites for hydroxylation is 1. The molecule has 1 atom stereocenters. The van der Waals surface area contributed by atoms with Crippen LogP contribution >= 0.6 is 0 Å². The van der Waals surface area contributed by atoms with Gasteiger partial charge in [-0.3, -0.25) is 9.48 Å². The van der Waals surface area contributed by atoms with E-state index in [-0.39, 0.29) is 17.8 Å². The van der Waals surface area contributed by atoms with Crippen molar-refractivity contribution in [1.29, 1.82) is 0 Å². The number of benzene rings is 1. The molecule has 1 unspecified atom stereocenters. The van der Waals surface area contributed by atoms with E-state index in [2.05, 4.69) is 10.1 Å². The summed E-state index contributed by atoms with van der Waals surface area (Å²) in [4.78, 5) is 17.7. The number of halogens is 1. The highest BCUT2D eigenvalue weighted by Gasteiger charge is 2.32. The van der Waals surface area contributed by atoms with Crippen LogP contribution in [0.15, 0.2) is 36.7 Å². The molecule has 1 amide bonds. The molecule has 1 aliphatic heterocycles. The molecule has 0 radical (unpaired) electrons. The second-order valence-electron chi connectivity index (χ2n) is 5.99. The Bertz CT molecular complexity index is 882. The van der Waals surface area contributed by atoms with Gasteiger partial charge in [0.15, 0.2) is 0 Å². The number of carbonyl (C=O) groups is 1. The van der Waals surface area contributed by atoms with Gasteiger partial charge in [0.05, 0.1) is 12.2 Å². The van der Waals surface area contributed by atoms with E-state index in [9.17, 15) is 9.18 Å². The van der Waals surface area contributed by atoms with Crippen LogP contribution in [0.25, 0.3) is 10.9 Å². The van der Waals surface area contributed by atoms with Crippen LogP contribution in [-0.4, -0.2) is 32.1 Å². The molecule has 1 aromatic carbocycles. The molecule has 3 heterocycles. The van der Waals surface area contributed by atoms with Gasteiger partial charge in [0.1, 0.15) is 11.5 Å². The minimum Gasteiger partial charge on any atom is -0.350 e. The molecule has 0 spiro atoms. The van der Waals surface area contributed by atoms with Crippen molar-refractivity contribution >= 4 is 16.8 Å². The minimum atomic E-state index is -0.317. The molecule has 3 aromatic rings. The van der Waals surface area contributed by atoms with Gasteiger partial charge >= 0.3 is 0 Å². The number of nitrogens with zero attached hydrogens (tertiary/aromatic N) is 3. The van der Waals surface area contributed by atoms with Crippen LogP contribution in [0.5, 0.6) is 0 Å². The Morgan fingerprint density at radius 2 is 2.30 bits per heavy atom. The third-order valence-corrected chi connectivity index (χ3v) is 4.46. The molecule has 1 N–H and O–H groups in total. The Morgan fingerprint density at radius 1 is 1.43 bits per heavy atom. The first-order valence-corrected chi connectivity index (χ1v) is 7.70. The van der Waals surface area contributed by atoms with Gasteiger partial charge in [0.2, 0.25) is 0 Å². The monoisotopic (exact) mass is 312 g/mol. The van der Waals surface area contributed by atoms with Crippen LogP contribution in [0.3, 0.4) is 0 Å². The summed E-state index contributed by atoms with van der Waals surface area (Å²) in [5, 5.41) is 4.65. The molecule has 118 valence electrons. The van der Waals surface area contributed by atoms with E-state index in [1.807, 2.05) is 18.1 Å². The molecular formula is C17H17FN4O. The maximum absolute atomic E-state index is 13.8. The van der Waals surface area contributed by atoms with Gasteiger partial charge in [0.25, 0.3) is 5.91 Å². The number of amides is 1. The first kappa shape index (κ1) is 14.0. The lowest BCUT2D eigenvalue weighted by Gasteiger charge is -2.23. The number of aromatic amines is 1. The van der Waals surface area contributed by atoms with Crippen molar-refractivity contribution in [2.45, 2.75) is 18.9 Å². The molecule has 5 nitrogen and oxygen atoms in total. The molecule has 1 aliphatic rings. The summed E-state index contributed by atoms with van der Waals surface area (Å²) in [5.41, 5.74) is 2.12. The lowest BCUT2D eigenvalue weighted by Crippen LogP contribution is -2.30. The molecule has 0 aliphatic carbocycles. The summed E-state index contributed by atoms with van der Waals surface area (Å²) in [5.74, 6) is -0.407. The third kappa shape index (κ3) is 2.30. The first-order valence-electron chi connectivity index (χ1n) is 7.70. The summed E-state index contributed by atoms with van der Waals surface area (Å²) >= 11 is 0. The fourth-order valence-electron chi connectivity index (χ4n) is 3.36. The maximum Gasteiger partial charge on any atom is 0.270 e. The average molecular weight is 312 g/mol. The zero-order valence-electron chi connectivity index (χ0n) is 12.8. The van der Waals surface area contributed by atoms with Crippen LogP contribution < -0.4 is 0 Å². The van der Waals surface area contributed by atoms with Gasteiger partial charge in [-0.25, -0.2) is 4.39 Å². The quantitative estimate of drug-likeness (QED) is 0.791. The zero-order valence-corrected chi connectivity index (χ0v) is 12.8. The molecule has 23 heavy (non-hydrogen) atoms. The summed E-state index contributed by atoms with van der Waals surface area (Å²) in [6.45, 7) is 0.705. The number of likely N-dealkylation sites (tertiary alicyclic amines) is 1. The van der Waals surface area contributed by atoms with Crippen LogP contribution in [-0.2, 0) is 7.05 Å². The van der Waals surface area contributed by atoms with E-state index in [0.717, 1.165) is 18.4 Å². The highest BCUT2D eigenvalue weighted by molar-refractivity contribution is 5.98. The molecule has 0 saturated carbocycles. The number of H-pyrrole nitrogens is 1. The van der Waals surface area contributed by atoms with Crippen LogP contribution in [0.1, 0.15) is 34.9 Å². The molecule has 1 fully saturated rings. The van der Waals surface area contributed by atoms with Gasteiger partial charge in [-0.15, -0.1) is 0 Å². The van der Waals surface area contributed by atoms with Crippen molar-refractivity contribution in [3.63, 3.8) is 0 Å². The minimum absolute atomic E-state index is 0.0347. The first-order chi connectivity index (χ1) is 11.1. The van der Waals surface area contributed by atoms with E-state index < -0.39 is 0 Å². The van der Waals surface area contributed by atoms with E-state index >= 15 is 0 Å². The van der Waals surface area contributed by atoms with Crippen molar-refractivity contribution in [2.24, 2.45) is 7.05 Å². The number of aromatic nitrogens is 3. The van der Waals surface area contributed by atoms with Crippen molar-refractivity contribution in [3.05, 3.63) is 53.7 Å². The van der Waals surface area contributed by atoms with E-state index in [4.69, 9.17) is 0 Å². The molecule has 0 bridgehead atoms. The number of rotatable bonds is 2. The van der Waals surface area contributed by atoms with E-state index in [0.29, 0.717) is 23.1 Å². The Kier molecular flexibility index (Phi) is 3.18. The maximum atomic E-state index is 13.8. The summed E-state index contributed by atoms with van der Waals surface area (Å²) in [6.07, 6.45) is 5.63. The van der Waals surface area contributed by atoms with Crippen molar-refractivity contribution in [1.82, 2.24) is 19.7 Å². The Hall–Kier alpha value is -2.63. The lowest BCUT2D eigenvalue weighted by atomic mass is 10.1. The number of fused-ring (bicyclic) bond motifs is 1. The van der Waals surface area contributed by atoms with Gasteiger partial charge < -0.3 is 9.88 Å². The van der Waals surface area contributed by atoms with Gasteiger partial charge in [-0.1, -0.05) is 6.07 Å². The Morgan fingerprint density at radius 3 is 3.04 bits per heavy atom. The second-order valence-corrected chi connectivity index (χ2v) is 5.99. The third-order valence-electron chi connectivity index (χ3n) is 4.46. The van der Waals surface area contributed by atoms with Crippen molar-refractivity contribution < 1.29 is 9.18 Å². The topological polar surface area (TPSA) is 53.9 Å². The lowest BCUT2D eigenvalue weighted by molar-refractivity contribution is 0.0730. The van der Waals surface area contributed by atoms with Crippen LogP contribution in [0, 0.1) is 5.82 Å². The summed E-state index contributed by atoms with van der Waals surface area (Å²) in [6, 6.07) is 6.45. The van der Waals surface area contributed by atoms with Crippen molar-refractivity contribution in [3.8, 4) is 0 Å². The predicted molar refractivity (Wildman–Crippen MR) is 84.5 cm³/mol.